The van der Waals surface area contributed by atoms with E-state index in [9.17, 15) is 9.90 Å². The summed E-state index contributed by atoms with van der Waals surface area (Å²) in [6.45, 7) is 4.09. The van der Waals surface area contributed by atoms with Crippen molar-refractivity contribution < 1.29 is 14.6 Å². The number of carboxylic acid groups (broad SMARTS) is 1. The molecule has 1 aliphatic rings. The van der Waals surface area contributed by atoms with Crippen molar-refractivity contribution in [3.05, 3.63) is 28.3 Å². The van der Waals surface area contributed by atoms with Crippen molar-refractivity contribution in [2.24, 2.45) is 0 Å². The van der Waals surface area contributed by atoms with E-state index in [1.54, 1.807) is 13.2 Å². The Morgan fingerprint density at radius 2 is 2.06 bits per heavy atom. The highest BCUT2D eigenvalue weighted by Crippen LogP contribution is 2.52. The zero-order chi connectivity index (χ0) is 13.5. The van der Waals surface area contributed by atoms with Crippen molar-refractivity contribution in [3.63, 3.8) is 0 Å². The van der Waals surface area contributed by atoms with Crippen molar-refractivity contribution in [3.8, 4) is 5.75 Å². The standard InChI is InChI=1S/C14H17ClO3/c1-8(2)9-6-12(18-3)10(7-11(9)15)14(4-5-14)13(16)17/h6-8H,4-5H2,1-3H3,(H,16,17). The number of rotatable bonds is 4. The maximum Gasteiger partial charge on any atom is 0.314 e. The van der Waals surface area contributed by atoms with Gasteiger partial charge in [0, 0.05) is 10.6 Å². The fourth-order valence-corrected chi connectivity index (χ4v) is 2.66. The van der Waals surface area contributed by atoms with Gasteiger partial charge < -0.3 is 9.84 Å². The Hall–Kier alpha value is -1.22. The first-order valence-corrected chi connectivity index (χ1v) is 6.41. The van der Waals surface area contributed by atoms with Gasteiger partial charge in [0.15, 0.2) is 0 Å². The average Bonchev–Trinajstić information content (AvgIpc) is 3.09. The summed E-state index contributed by atoms with van der Waals surface area (Å²) in [5.74, 6) is 0.109. The minimum absolute atomic E-state index is 0.278. The van der Waals surface area contributed by atoms with E-state index in [-0.39, 0.29) is 5.92 Å². The van der Waals surface area contributed by atoms with Gasteiger partial charge in [0.2, 0.25) is 0 Å². The van der Waals surface area contributed by atoms with E-state index in [1.807, 2.05) is 19.9 Å². The van der Waals surface area contributed by atoms with Crippen LogP contribution in [0.2, 0.25) is 5.02 Å². The van der Waals surface area contributed by atoms with Gasteiger partial charge in [0.1, 0.15) is 5.75 Å². The summed E-state index contributed by atoms with van der Waals surface area (Å²) in [7, 11) is 1.56. The largest absolute Gasteiger partial charge is 0.496 e. The summed E-state index contributed by atoms with van der Waals surface area (Å²) in [5, 5.41) is 9.97. The maximum atomic E-state index is 11.4. The van der Waals surface area contributed by atoms with E-state index in [4.69, 9.17) is 16.3 Å². The molecular formula is C14H17ClO3. The zero-order valence-electron chi connectivity index (χ0n) is 10.8. The molecule has 3 nitrogen and oxygen atoms in total. The van der Waals surface area contributed by atoms with Gasteiger partial charge in [-0.05, 0) is 36.5 Å². The van der Waals surface area contributed by atoms with Crippen LogP contribution in [-0.2, 0) is 10.2 Å². The first-order chi connectivity index (χ1) is 8.42. The van der Waals surface area contributed by atoms with Gasteiger partial charge in [-0.3, -0.25) is 4.79 Å². The van der Waals surface area contributed by atoms with Crippen LogP contribution in [0, 0.1) is 0 Å². The predicted molar refractivity (Wildman–Crippen MR) is 70.6 cm³/mol. The molecule has 4 heteroatoms. The Balaban J connectivity index is 2.56. The molecule has 0 spiro atoms. The number of aliphatic carboxylic acids is 1. The molecule has 0 aliphatic heterocycles. The highest BCUT2D eigenvalue weighted by atomic mass is 35.5. The minimum Gasteiger partial charge on any atom is -0.496 e. The molecule has 0 amide bonds. The van der Waals surface area contributed by atoms with Crippen LogP contribution in [-0.4, -0.2) is 18.2 Å². The van der Waals surface area contributed by atoms with Gasteiger partial charge in [0.05, 0.1) is 12.5 Å². The molecule has 1 N–H and O–H groups in total. The second kappa shape index (κ2) is 4.47. The summed E-state index contributed by atoms with van der Waals surface area (Å²) in [4.78, 5) is 11.4. The third-order valence-corrected chi connectivity index (χ3v) is 3.94. The molecule has 1 aromatic rings. The second-order valence-corrected chi connectivity index (χ2v) is 5.52. The fourth-order valence-electron chi connectivity index (χ4n) is 2.28. The third kappa shape index (κ3) is 1.97. The summed E-state index contributed by atoms with van der Waals surface area (Å²) in [6, 6.07) is 3.63. The molecule has 18 heavy (non-hydrogen) atoms. The SMILES string of the molecule is COc1cc(C(C)C)c(Cl)cc1C1(C(=O)O)CC1. The lowest BCUT2D eigenvalue weighted by Gasteiger charge is -2.18. The molecule has 1 aliphatic carbocycles. The van der Waals surface area contributed by atoms with Crippen LogP contribution in [0.25, 0.3) is 0 Å². The van der Waals surface area contributed by atoms with Crippen molar-refractivity contribution in [2.75, 3.05) is 7.11 Å². The fraction of sp³-hybridized carbons (Fsp3) is 0.500. The predicted octanol–water partition coefficient (Wildman–Crippen LogP) is 3.59. The summed E-state index contributed by atoms with van der Waals surface area (Å²) in [5.41, 5.74) is 0.898. The third-order valence-electron chi connectivity index (χ3n) is 3.62. The number of carboxylic acids is 1. The first-order valence-electron chi connectivity index (χ1n) is 6.03. The van der Waals surface area contributed by atoms with E-state index >= 15 is 0 Å². The highest BCUT2D eigenvalue weighted by molar-refractivity contribution is 6.31. The summed E-state index contributed by atoms with van der Waals surface area (Å²) < 4.78 is 5.35. The normalized spacial score (nSPS) is 16.7. The van der Waals surface area contributed by atoms with Crippen LogP contribution >= 0.6 is 11.6 Å². The number of carbonyl (C=O) groups is 1. The lowest BCUT2D eigenvalue weighted by atomic mass is 9.91. The van der Waals surface area contributed by atoms with Gasteiger partial charge in [-0.25, -0.2) is 0 Å². The van der Waals surface area contributed by atoms with Crippen molar-refractivity contribution in [1.29, 1.82) is 0 Å². The van der Waals surface area contributed by atoms with Gasteiger partial charge >= 0.3 is 5.97 Å². The molecular weight excluding hydrogens is 252 g/mol. The van der Waals surface area contributed by atoms with Gasteiger partial charge in [-0.15, -0.1) is 0 Å². The molecule has 0 bridgehead atoms. The first kappa shape index (κ1) is 13.2. The Morgan fingerprint density at radius 3 is 2.44 bits per heavy atom. The van der Waals surface area contributed by atoms with Crippen molar-refractivity contribution in [2.45, 2.75) is 38.0 Å². The zero-order valence-corrected chi connectivity index (χ0v) is 11.5. The topological polar surface area (TPSA) is 46.5 Å². The van der Waals surface area contributed by atoms with E-state index < -0.39 is 11.4 Å². The van der Waals surface area contributed by atoms with Crippen LogP contribution in [0.1, 0.15) is 43.7 Å². The molecule has 0 unspecified atom stereocenters. The number of benzene rings is 1. The molecule has 1 aromatic carbocycles. The molecule has 1 saturated carbocycles. The molecule has 0 radical (unpaired) electrons. The Kier molecular flexibility index (Phi) is 3.28. The second-order valence-electron chi connectivity index (χ2n) is 5.12. The van der Waals surface area contributed by atoms with Gasteiger partial charge in [0.25, 0.3) is 0 Å². The minimum atomic E-state index is -0.797. The van der Waals surface area contributed by atoms with Crippen LogP contribution in [0.15, 0.2) is 12.1 Å². The number of ether oxygens (including phenoxy) is 1. The molecule has 1 fully saturated rings. The van der Waals surface area contributed by atoms with E-state index in [2.05, 4.69) is 0 Å². The van der Waals surface area contributed by atoms with E-state index in [1.165, 1.54) is 0 Å². The molecule has 2 rings (SSSR count). The number of hydrogen-bond donors (Lipinski definition) is 1. The number of methoxy groups -OCH3 is 1. The van der Waals surface area contributed by atoms with Gasteiger partial charge in [-0.2, -0.15) is 0 Å². The Morgan fingerprint density at radius 1 is 1.44 bits per heavy atom. The maximum absolute atomic E-state index is 11.4. The smallest absolute Gasteiger partial charge is 0.314 e. The number of hydrogen-bond acceptors (Lipinski definition) is 2. The van der Waals surface area contributed by atoms with Gasteiger partial charge in [-0.1, -0.05) is 25.4 Å². The van der Waals surface area contributed by atoms with Crippen LogP contribution in [0.5, 0.6) is 5.75 Å². The number of halogens is 1. The van der Waals surface area contributed by atoms with Crippen LogP contribution in [0.3, 0.4) is 0 Å². The lowest BCUT2D eigenvalue weighted by molar-refractivity contribution is -0.140. The highest BCUT2D eigenvalue weighted by Gasteiger charge is 2.53. The Bertz CT molecular complexity index is 490. The molecule has 0 aromatic heterocycles. The van der Waals surface area contributed by atoms with E-state index in [0.717, 1.165) is 5.56 Å². The molecule has 0 atom stereocenters. The molecule has 98 valence electrons. The summed E-state index contributed by atoms with van der Waals surface area (Å²) in [6.07, 6.45) is 1.30. The van der Waals surface area contributed by atoms with Crippen LogP contribution in [0.4, 0.5) is 0 Å². The quantitative estimate of drug-likeness (QED) is 0.908. The van der Waals surface area contributed by atoms with Crippen LogP contribution < -0.4 is 4.74 Å². The average molecular weight is 269 g/mol. The molecule has 0 heterocycles. The van der Waals surface area contributed by atoms with E-state index in [0.29, 0.717) is 29.2 Å². The Labute approximate surface area is 112 Å². The lowest BCUT2D eigenvalue weighted by Crippen LogP contribution is -2.20. The molecule has 0 saturated heterocycles. The van der Waals surface area contributed by atoms with Crippen molar-refractivity contribution in [1.82, 2.24) is 0 Å². The summed E-state index contributed by atoms with van der Waals surface area (Å²) >= 11 is 6.24. The van der Waals surface area contributed by atoms with Crippen molar-refractivity contribution >= 4 is 17.6 Å². The monoisotopic (exact) mass is 268 g/mol.